The number of methoxy groups -OCH3 is 1. The minimum atomic E-state index is -0.471. The van der Waals surface area contributed by atoms with E-state index in [9.17, 15) is 9.18 Å². The maximum absolute atomic E-state index is 14.7. The Labute approximate surface area is 172 Å². The Morgan fingerprint density at radius 3 is 2.28 bits per heavy atom. The van der Waals surface area contributed by atoms with Gasteiger partial charge in [-0.15, -0.1) is 0 Å². The molecular formula is C21H33FN4O3. The topological polar surface area (TPSA) is 71.3 Å². The summed E-state index contributed by atoms with van der Waals surface area (Å²) < 4.78 is 25.3. The van der Waals surface area contributed by atoms with Crippen molar-refractivity contribution in [3.8, 4) is 5.75 Å². The molecule has 0 aliphatic carbocycles. The summed E-state index contributed by atoms with van der Waals surface area (Å²) in [5, 5.41) is 0. The predicted octanol–water partition coefficient (Wildman–Crippen LogP) is 2.94. The Morgan fingerprint density at radius 1 is 1.10 bits per heavy atom. The van der Waals surface area contributed by atoms with Crippen molar-refractivity contribution in [1.82, 2.24) is 9.80 Å². The minimum absolute atomic E-state index is 0.114. The van der Waals surface area contributed by atoms with Gasteiger partial charge in [-0.25, -0.2) is 9.18 Å². The first kappa shape index (κ1) is 21.5. The van der Waals surface area contributed by atoms with Gasteiger partial charge in [-0.05, 0) is 45.7 Å². The van der Waals surface area contributed by atoms with Gasteiger partial charge in [0.15, 0.2) is 11.6 Å². The number of anilines is 2. The SMILES string of the molecule is COc1c(N)ccc(N2CCC(N3CCN(C(=O)OC(C)(C)C)CC3)CC2)c1F. The van der Waals surface area contributed by atoms with E-state index in [-0.39, 0.29) is 11.8 Å². The highest BCUT2D eigenvalue weighted by Gasteiger charge is 2.31. The molecule has 2 fully saturated rings. The molecule has 0 bridgehead atoms. The lowest BCUT2D eigenvalue weighted by Gasteiger charge is -2.43. The van der Waals surface area contributed by atoms with Crippen molar-refractivity contribution in [2.45, 2.75) is 45.3 Å². The molecular weight excluding hydrogens is 375 g/mol. The lowest BCUT2D eigenvalue weighted by molar-refractivity contribution is 0.00902. The van der Waals surface area contributed by atoms with E-state index in [1.54, 1.807) is 17.0 Å². The Kier molecular flexibility index (Phi) is 6.41. The van der Waals surface area contributed by atoms with Crippen LogP contribution in [0.3, 0.4) is 0 Å². The second kappa shape index (κ2) is 8.65. The van der Waals surface area contributed by atoms with Crippen LogP contribution in [0.1, 0.15) is 33.6 Å². The molecule has 0 atom stereocenters. The summed E-state index contributed by atoms with van der Waals surface area (Å²) in [6, 6.07) is 3.87. The summed E-state index contributed by atoms with van der Waals surface area (Å²) in [5.41, 5.74) is 6.18. The number of nitrogens with two attached hydrogens (primary N) is 1. The van der Waals surface area contributed by atoms with E-state index < -0.39 is 11.4 Å². The third kappa shape index (κ3) is 5.04. The average molecular weight is 409 g/mol. The molecule has 2 N–H and O–H groups in total. The smallest absolute Gasteiger partial charge is 0.410 e. The van der Waals surface area contributed by atoms with Crippen molar-refractivity contribution in [2.75, 3.05) is 57.0 Å². The molecule has 3 rings (SSSR count). The third-order valence-electron chi connectivity index (χ3n) is 5.60. The molecule has 2 aliphatic heterocycles. The van der Waals surface area contributed by atoms with E-state index in [0.717, 1.165) is 39.0 Å². The van der Waals surface area contributed by atoms with Gasteiger partial charge in [0.2, 0.25) is 0 Å². The molecule has 0 spiro atoms. The van der Waals surface area contributed by atoms with Crippen LogP contribution in [0.25, 0.3) is 0 Å². The van der Waals surface area contributed by atoms with E-state index in [1.807, 2.05) is 20.8 Å². The second-order valence-electron chi connectivity index (χ2n) is 8.74. The van der Waals surface area contributed by atoms with Crippen LogP contribution in [0.15, 0.2) is 12.1 Å². The molecule has 29 heavy (non-hydrogen) atoms. The zero-order chi connectivity index (χ0) is 21.2. The molecule has 0 unspecified atom stereocenters. The van der Waals surface area contributed by atoms with Gasteiger partial charge >= 0.3 is 6.09 Å². The number of benzene rings is 1. The van der Waals surface area contributed by atoms with Crippen LogP contribution in [0.2, 0.25) is 0 Å². The molecule has 8 heteroatoms. The zero-order valence-electron chi connectivity index (χ0n) is 17.9. The summed E-state index contributed by atoms with van der Waals surface area (Å²) in [5.74, 6) is -0.278. The molecule has 0 saturated carbocycles. The Bertz CT molecular complexity index is 721. The number of hydrogen-bond acceptors (Lipinski definition) is 6. The molecule has 162 valence electrons. The summed E-state index contributed by atoms with van der Waals surface area (Å²) in [7, 11) is 1.43. The molecule has 7 nitrogen and oxygen atoms in total. The lowest BCUT2D eigenvalue weighted by Crippen LogP contribution is -2.55. The van der Waals surface area contributed by atoms with E-state index in [2.05, 4.69) is 9.80 Å². The van der Waals surface area contributed by atoms with E-state index in [1.165, 1.54) is 7.11 Å². The van der Waals surface area contributed by atoms with E-state index in [4.69, 9.17) is 15.2 Å². The number of amides is 1. The van der Waals surface area contributed by atoms with Gasteiger partial charge < -0.3 is 25.0 Å². The van der Waals surface area contributed by atoms with Crippen LogP contribution < -0.4 is 15.4 Å². The predicted molar refractivity (Wildman–Crippen MR) is 112 cm³/mol. The third-order valence-corrected chi connectivity index (χ3v) is 5.60. The van der Waals surface area contributed by atoms with E-state index >= 15 is 0 Å². The lowest BCUT2D eigenvalue weighted by atomic mass is 10.0. The van der Waals surface area contributed by atoms with Gasteiger partial charge in [0.05, 0.1) is 18.5 Å². The number of piperidine rings is 1. The first-order valence-corrected chi connectivity index (χ1v) is 10.3. The molecule has 2 heterocycles. The van der Waals surface area contributed by atoms with Crippen molar-refractivity contribution in [3.05, 3.63) is 17.9 Å². The van der Waals surface area contributed by atoms with Gasteiger partial charge in [-0.3, -0.25) is 4.90 Å². The number of piperazine rings is 1. The van der Waals surface area contributed by atoms with Gasteiger partial charge in [0, 0.05) is 45.3 Å². The van der Waals surface area contributed by atoms with Crippen LogP contribution in [0, 0.1) is 5.82 Å². The quantitative estimate of drug-likeness (QED) is 0.776. The Hall–Kier alpha value is -2.22. The highest BCUT2D eigenvalue weighted by atomic mass is 19.1. The fourth-order valence-corrected chi connectivity index (χ4v) is 4.08. The summed E-state index contributed by atoms with van der Waals surface area (Å²) in [6.07, 6.45) is 1.68. The van der Waals surface area contributed by atoms with Crippen molar-refractivity contribution < 1.29 is 18.7 Å². The van der Waals surface area contributed by atoms with Crippen molar-refractivity contribution in [1.29, 1.82) is 0 Å². The molecule has 1 aromatic carbocycles. The fourth-order valence-electron chi connectivity index (χ4n) is 4.08. The summed E-state index contributed by atoms with van der Waals surface area (Å²) >= 11 is 0. The average Bonchev–Trinajstić information content (AvgIpc) is 2.67. The maximum Gasteiger partial charge on any atom is 0.410 e. The largest absolute Gasteiger partial charge is 0.492 e. The van der Waals surface area contributed by atoms with Gasteiger partial charge in [-0.2, -0.15) is 0 Å². The van der Waals surface area contributed by atoms with Crippen LogP contribution in [-0.2, 0) is 4.74 Å². The van der Waals surface area contributed by atoms with Crippen LogP contribution in [-0.4, -0.2) is 73.9 Å². The van der Waals surface area contributed by atoms with Crippen molar-refractivity contribution in [2.24, 2.45) is 0 Å². The highest BCUT2D eigenvalue weighted by molar-refractivity contribution is 5.68. The summed E-state index contributed by atoms with van der Waals surface area (Å²) in [6.45, 7) is 10.2. The zero-order valence-corrected chi connectivity index (χ0v) is 17.9. The number of ether oxygens (including phenoxy) is 2. The molecule has 1 amide bonds. The van der Waals surface area contributed by atoms with Crippen molar-refractivity contribution >= 4 is 17.5 Å². The van der Waals surface area contributed by atoms with E-state index in [0.29, 0.717) is 30.5 Å². The normalized spacial score (nSPS) is 19.3. The van der Waals surface area contributed by atoms with Gasteiger partial charge in [0.25, 0.3) is 0 Å². The number of rotatable bonds is 3. The highest BCUT2D eigenvalue weighted by Crippen LogP contribution is 2.34. The number of halogens is 1. The molecule has 2 aliphatic rings. The van der Waals surface area contributed by atoms with Gasteiger partial charge in [-0.1, -0.05) is 0 Å². The monoisotopic (exact) mass is 408 g/mol. The van der Waals surface area contributed by atoms with Crippen LogP contribution in [0.5, 0.6) is 5.75 Å². The van der Waals surface area contributed by atoms with Crippen LogP contribution in [0.4, 0.5) is 20.6 Å². The summed E-state index contributed by atoms with van der Waals surface area (Å²) in [4.78, 5) is 18.5. The first-order valence-electron chi connectivity index (χ1n) is 10.3. The number of nitrogens with zero attached hydrogens (tertiary/aromatic N) is 3. The Morgan fingerprint density at radius 2 is 1.72 bits per heavy atom. The first-order chi connectivity index (χ1) is 13.7. The maximum atomic E-state index is 14.7. The standard InChI is InChI=1S/C21H33FN4O3/c1-21(2,3)29-20(27)26-13-11-24(12-14-26)15-7-9-25(10-8-15)17-6-5-16(23)19(28-4)18(17)22/h5-6,15H,7-14,23H2,1-4H3. The molecule has 1 aromatic rings. The molecule has 0 radical (unpaired) electrons. The minimum Gasteiger partial charge on any atom is -0.492 e. The number of carbonyl (C=O) groups is 1. The fraction of sp³-hybridized carbons (Fsp3) is 0.667. The van der Waals surface area contributed by atoms with Crippen LogP contribution >= 0.6 is 0 Å². The number of nitrogen functional groups attached to an aromatic ring is 1. The van der Waals surface area contributed by atoms with Crippen molar-refractivity contribution in [3.63, 3.8) is 0 Å². The number of carbonyl (C=O) groups excluding carboxylic acids is 1. The van der Waals surface area contributed by atoms with Gasteiger partial charge in [0.1, 0.15) is 5.60 Å². The second-order valence-corrected chi connectivity index (χ2v) is 8.74. The Balaban J connectivity index is 1.52. The molecule has 0 aromatic heterocycles. The molecule has 2 saturated heterocycles. The number of hydrogen-bond donors (Lipinski definition) is 1.